The lowest BCUT2D eigenvalue weighted by Gasteiger charge is -2.03. The van der Waals surface area contributed by atoms with E-state index in [2.05, 4.69) is 22.4 Å². The molecule has 0 spiro atoms. The van der Waals surface area contributed by atoms with Crippen molar-refractivity contribution in [2.75, 3.05) is 6.54 Å². The van der Waals surface area contributed by atoms with E-state index >= 15 is 0 Å². The normalized spacial score (nSPS) is 9.41. The summed E-state index contributed by atoms with van der Waals surface area (Å²) in [5, 5.41) is 2.81. The van der Waals surface area contributed by atoms with Crippen LogP contribution in [0.5, 0.6) is 0 Å². The molecule has 1 amide bonds. The molecule has 1 N–H and O–H groups in total. The van der Waals surface area contributed by atoms with Gasteiger partial charge in [-0.3, -0.25) is 4.79 Å². The van der Waals surface area contributed by atoms with Gasteiger partial charge in [-0.15, -0.1) is 0 Å². The molecule has 1 heterocycles. The number of nitrogens with one attached hydrogen (secondary N) is 1. The van der Waals surface area contributed by atoms with Crippen molar-refractivity contribution in [2.45, 2.75) is 6.42 Å². The highest BCUT2D eigenvalue weighted by atomic mass is 16.1. The van der Waals surface area contributed by atoms with E-state index in [0.29, 0.717) is 12.2 Å². The van der Waals surface area contributed by atoms with Crippen LogP contribution in [0.4, 0.5) is 0 Å². The van der Waals surface area contributed by atoms with Crippen LogP contribution < -0.4 is 5.32 Å². The largest absolute Gasteiger partial charge is 0.350 e. The molecule has 0 atom stereocenters. The average Bonchev–Trinajstić information content (AvgIpc) is 2.41. The first-order valence-corrected chi connectivity index (χ1v) is 5.42. The molecule has 0 aliphatic carbocycles. The zero-order chi connectivity index (χ0) is 11.9. The van der Waals surface area contributed by atoms with Crippen molar-refractivity contribution < 1.29 is 4.79 Å². The number of nitrogens with zero attached hydrogens (tertiary/aromatic N) is 1. The Bertz CT molecular complexity index is 468. The van der Waals surface area contributed by atoms with E-state index < -0.39 is 0 Å². The van der Waals surface area contributed by atoms with Crippen LogP contribution in [-0.2, 0) is 6.42 Å². The number of carbonyl (C=O) groups excluding carboxylic acids is 1. The molecule has 0 fully saturated rings. The second kappa shape index (κ2) is 5.66. The zero-order valence-corrected chi connectivity index (χ0v) is 9.31. The van der Waals surface area contributed by atoms with Crippen LogP contribution in [0.1, 0.15) is 16.1 Å². The molecule has 2 aromatic rings. The Morgan fingerprint density at radius 2 is 2.06 bits per heavy atom. The maximum Gasteiger partial charge on any atom is 0.270 e. The highest BCUT2D eigenvalue weighted by Crippen LogP contribution is 1.98. The molecule has 17 heavy (non-hydrogen) atoms. The van der Waals surface area contributed by atoms with Gasteiger partial charge in [-0.05, 0) is 18.1 Å². The highest BCUT2D eigenvalue weighted by molar-refractivity contribution is 5.91. The van der Waals surface area contributed by atoms with E-state index in [1.807, 2.05) is 30.3 Å². The second-order valence-electron chi connectivity index (χ2n) is 3.57. The van der Waals surface area contributed by atoms with Gasteiger partial charge in [-0.2, -0.15) is 0 Å². The lowest BCUT2D eigenvalue weighted by molar-refractivity contribution is 0.0949. The third-order valence-electron chi connectivity index (χ3n) is 2.34. The molecule has 84 valence electrons. The van der Waals surface area contributed by atoms with Crippen molar-refractivity contribution >= 4 is 5.91 Å². The van der Waals surface area contributed by atoms with Gasteiger partial charge in [0.1, 0.15) is 5.69 Å². The summed E-state index contributed by atoms with van der Waals surface area (Å²) in [6.45, 7) is 0.600. The Morgan fingerprint density at radius 1 is 1.24 bits per heavy atom. The van der Waals surface area contributed by atoms with Crippen LogP contribution in [0.2, 0.25) is 0 Å². The number of hydrogen-bond donors (Lipinski definition) is 1. The second-order valence-corrected chi connectivity index (χ2v) is 3.57. The van der Waals surface area contributed by atoms with Gasteiger partial charge in [-0.1, -0.05) is 36.4 Å². The fraction of sp³-hybridized carbons (Fsp3) is 0.143. The monoisotopic (exact) mass is 224 g/mol. The molecule has 0 saturated heterocycles. The van der Waals surface area contributed by atoms with Crippen LogP contribution in [0.15, 0.2) is 42.6 Å². The summed E-state index contributed by atoms with van der Waals surface area (Å²) in [5.41, 5.74) is 1.57. The van der Waals surface area contributed by atoms with E-state index in [9.17, 15) is 4.79 Å². The molecule has 0 unspecified atom stereocenters. The zero-order valence-electron chi connectivity index (χ0n) is 9.31. The van der Waals surface area contributed by atoms with Gasteiger partial charge in [-0.25, -0.2) is 4.98 Å². The summed E-state index contributed by atoms with van der Waals surface area (Å²) in [4.78, 5) is 15.5. The Balaban J connectivity index is 1.82. The summed E-state index contributed by atoms with van der Waals surface area (Å²) < 4.78 is 0. The standard InChI is InChI=1S/C14H12N2O/c17-14(13-8-4-5-10-15-13)16-11-9-12-6-2-1-3-7-12/h1-3,6-8,10H,9,11H2,(H,16,17). The minimum Gasteiger partial charge on any atom is -0.350 e. The number of benzene rings is 1. The number of aromatic nitrogens is 1. The van der Waals surface area contributed by atoms with Gasteiger partial charge in [0.2, 0.25) is 0 Å². The first-order valence-electron chi connectivity index (χ1n) is 5.42. The van der Waals surface area contributed by atoms with Gasteiger partial charge >= 0.3 is 0 Å². The van der Waals surface area contributed by atoms with E-state index in [4.69, 9.17) is 0 Å². The van der Waals surface area contributed by atoms with Gasteiger partial charge in [0.25, 0.3) is 5.91 Å². The summed E-state index contributed by atoms with van der Waals surface area (Å²) in [6.07, 6.45) is 2.25. The molecule has 0 aliphatic rings. The predicted octanol–water partition coefficient (Wildman–Crippen LogP) is 1.65. The topological polar surface area (TPSA) is 42.0 Å². The molecule has 0 saturated carbocycles. The summed E-state index contributed by atoms with van der Waals surface area (Å²) in [6, 6.07) is 16.9. The molecule has 0 bridgehead atoms. The van der Waals surface area contributed by atoms with Gasteiger partial charge in [0, 0.05) is 12.6 Å². The van der Waals surface area contributed by atoms with Gasteiger partial charge in [0.15, 0.2) is 0 Å². The molecule has 2 rings (SSSR count). The Kier molecular flexibility index (Phi) is 3.72. The SMILES string of the molecule is O=C(NCCc1ccccc1)c1cc#ccn1. The van der Waals surface area contributed by atoms with E-state index in [1.165, 1.54) is 17.8 Å². The van der Waals surface area contributed by atoms with Crippen molar-refractivity contribution in [3.63, 3.8) is 0 Å². The number of hydrogen-bond acceptors (Lipinski definition) is 2. The van der Waals surface area contributed by atoms with Gasteiger partial charge < -0.3 is 5.32 Å². The fourth-order valence-corrected chi connectivity index (χ4v) is 1.47. The maximum absolute atomic E-state index is 11.6. The molecular formula is C14H12N2O. The van der Waals surface area contributed by atoms with Crippen LogP contribution in [0.25, 0.3) is 0 Å². The first kappa shape index (κ1) is 11.2. The Morgan fingerprint density at radius 3 is 2.76 bits per heavy atom. The predicted molar refractivity (Wildman–Crippen MR) is 64.4 cm³/mol. The molecule has 0 radical (unpaired) electrons. The van der Waals surface area contributed by atoms with Crippen molar-refractivity contribution in [2.24, 2.45) is 0 Å². The molecular weight excluding hydrogens is 212 g/mol. The van der Waals surface area contributed by atoms with Crippen LogP contribution >= 0.6 is 0 Å². The molecule has 1 aromatic carbocycles. The Hall–Kier alpha value is -2.34. The third kappa shape index (κ3) is 3.32. The molecule has 1 aromatic heterocycles. The van der Waals surface area contributed by atoms with Crippen molar-refractivity contribution in [3.05, 3.63) is 66.0 Å². The van der Waals surface area contributed by atoms with Gasteiger partial charge in [0.05, 0.1) is 6.20 Å². The Labute approximate surface area is 101 Å². The summed E-state index contributed by atoms with van der Waals surface area (Å²) in [7, 11) is 0. The van der Waals surface area contributed by atoms with E-state index in [-0.39, 0.29) is 5.91 Å². The quantitative estimate of drug-likeness (QED) is 0.858. The van der Waals surface area contributed by atoms with Crippen LogP contribution in [0.3, 0.4) is 0 Å². The van der Waals surface area contributed by atoms with E-state index in [0.717, 1.165) is 6.42 Å². The smallest absolute Gasteiger partial charge is 0.270 e. The summed E-state index contributed by atoms with van der Waals surface area (Å²) >= 11 is 0. The summed E-state index contributed by atoms with van der Waals surface area (Å²) in [5.74, 6) is -0.175. The third-order valence-corrected chi connectivity index (χ3v) is 2.34. The highest BCUT2D eigenvalue weighted by Gasteiger charge is 2.04. The maximum atomic E-state index is 11.6. The van der Waals surface area contributed by atoms with Crippen LogP contribution in [0, 0.1) is 12.1 Å². The lowest BCUT2D eigenvalue weighted by atomic mass is 10.1. The minimum atomic E-state index is -0.175. The van der Waals surface area contributed by atoms with Crippen molar-refractivity contribution in [1.29, 1.82) is 0 Å². The molecule has 3 nitrogen and oxygen atoms in total. The molecule has 0 aliphatic heterocycles. The molecule has 3 heteroatoms. The average molecular weight is 224 g/mol. The lowest BCUT2D eigenvalue weighted by Crippen LogP contribution is -2.26. The number of rotatable bonds is 4. The van der Waals surface area contributed by atoms with Crippen molar-refractivity contribution in [1.82, 2.24) is 10.3 Å². The van der Waals surface area contributed by atoms with E-state index in [1.54, 1.807) is 0 Å². The van der Waals surface area contributed by atoms with Crippen molar-refractivity contribution in [3.8, 4) is 0 Å². The minimum absolute atomic E-state index is 0.175. The first-order chi connectivity index (χ1) is 8.36. The van der Waals surface area contributed by atoms with Crippen LogP contribution in [-0.4, -0.2) is 17.4 Å². The fourth-order valence-electron chi connectivity index (χ4n) is 1.47. The number of carbonyl (C=O) groups is 1. The number of amides is 1.